The minimum atomic E-state index is -3.37. The van der Waals surface area contributed by atoms with Crippen LogP contribution in [0, 0.1) is 0 Å². The van der Waals surface area contributed by atoms with Gasteiger partial charge in [0.2, 0.25) is 0 Å². The molecule has 29 heavy (non-hydrogen) atoms. The minimum absolute atomic E-state index is 0.121. The lowest BCUT2D eigenvalue weighted by molar-refractivity contribution is -0.165. The molecule has 1 saturated heterocycles. The number of ether oxygens (including phenoxy) is 3. The van der Waals surface area contributed by atoms with Crippen molar-refractivity contribution in [1.29, 1.82) is 0 Å². The number of aliphatic hydroxyl groups is 1. The van der Waals surface area contributed by atoms with E-state index in [9.17, 15) is 24.1 Å². The molecular formula is C17H24NO10P. The van der Waals surface area contributed by atoms with Crippen LogP contribution in [0.4, 0.5) is 0 Å². The first-order valence-electron chi connectivity index (χ1n) is 8.66. The maximum atomic E-state index is 12.6. The summed E-state index contributed by atoms with van der Waals surface area (Å²) < 4.78 is 39.2. The van der Waals surface area contributed by atoms with Crippen LogP contribution in [0.2, 0.25) is 0 Å². The Bertz CT molecular complexity index is 845. The van der Waals surface area contributed by atoms with Crippen molar-refractivity contribution in [3.8, 4) is 0 Å². The zero-order valence-corrected chi connectivity index (χ0v) is 17.4. The quantitative estimate of drug-likeness (QED) is 0.457. The number of pyridine rings is 1. The number of nitrogens with zero attached hydrogens (tertiary/aromatic N) is 1. The second kappa shape index (κ2) is 9.64. The van der Waals surface area contributed by atoms with E-state index in [2.05, 4.69) is 0 Å². The number of rotatable bonds is 8. The van der Waals surface area contributed by atoms with Crippen molar-refractivity contribution in [1.82, 2.24) is 4.57 Å². The van der Waals surface area contributed by atoms with E-state index in [4.69, 9.17) is 23.3 Å². The van der Waals surface area contributed by atoms with Crippen LogP contribution in [-0.4, -0.2) is 60.8 Å². The lowest BCUT2D eigenvalue weighted by atomic mass is 10.1. The highest BCUT2D eigenvalue weighted by atomic mass is 31.2. The third-order valence-electron chi connectivity index (χ3n) is 4.29. The molecule has 2 heterocycles. The van der Waals surface area contributed by atoms with Crippen LogP contribution >= 0.6 is 7.60 Å². The summed E-state index contributed by atoms with van der Waals surface area (Å²) in [6.45, 7) is 1.80. The molecule has 4 atom stereocenters. The summed E-state index contributed by atoms with van der Waals surface area (Å²) in [6.07, 6.45) is -3.15. The van der Waals surface area contributed by atoms with Gasteiger partial charge in [-0.05, 0) is 11.6 Å². The normalized spacial score (nSPS) is 24.3. The third-order valence-corrected chi connectivity index (χ3v) is 6.15. The molecule has 1 aliphatic rings. The van der Waals surface area contributed by atoms with Gasteiger partial charge < -0.3 is 28.4 Å². The molecule has 1 aromatic rings. The highest BCUT2D eigenvalue weighted by molar-refractivity contribution is 7.52. The van der Waals surface area contributed by atoms with Gasteiger partial charge in [-0.3, -0.25) is 23.5 Å². The van der Waals surface area contributed by atoms with E-state index in [1.165, 1.54) is 32.5 Å². The Morgan fingerprint density at radius 1 is 1.17 bits per heavy atom. The van der Waals surface area contributed by atoms with Crippen LogP contribution in [0.15, 0.2) is 23.1 Å². The first kappa shape index (κ1) is 23.2. The zero-order valence-electron chi connectivity index (χ0n) is 16.5. The second-order valence-electron chi connectivity index (χ2n) is 6.31. The Morgan fingerprint density at radius 2 is 1.76 bits per heavy atom. The van der Waals surface area contributed by atoms with Crippen molar-refractivity contribution in [2.45, 2.75) is 44.5 Å². The molecule has 1 fully saturated rings. The molecule has 1 aliphatic heterocycles. The molecule has 0 saturated carbocycles. The lowest BCUT2D eigenvalue weighted by Gasteiger charge is -2.24. The van der Waals surface area contributed by atoms with Gasteiger partial charge in [0.15, 0.2) is 18.4 Å². The number of carbonyl (C=O) groups is 2. The van der Waals surface area contributed by atoms with Gasteiger partial charge in [-0.25, -0.2) is 0 Å². The van der Waals surface area contributed by atoms with Gasteiger partial charge in [-0.15, -0.1) is 0 Å². The second-order valence-corrected chi connectivity index (χ2v) is 8.58. The number of esters is 2. The van der Waals surface area contributed by atoms with E-state index in [1.54, 1.807) is 0 Å². The topological polar surface area (TPSA) is 140 Å². The summed E-state index contributed by atoms with van der Waals surface area (Å²) in [5.41, 5.74) is -0.154. The Balaban J connectivity index is 2.37. The molecule has 0 aliphatic carbocycles. The van der Waals surface area contributed by atoms with Crippen LogP contribution in [-0.2, 0) is 43.6 Å². The van der Waals surface area contributed by atoms with E-state index in [1.807, 2.05) is 0 Å². The first-order chi connectivity index (χ1) is 13.6. The van der Waals surface area contributed by atoms with Crippen LogP contribution in [0.5, 0.6) is 0 Å². The molecule has 2 rings (SSSR count). The predicted octanol–water partition coefficient (Wildman–Crippen LogP) is 0.587. The van der Waals surface area contributed by atoms with Crippen molar-refractivity contribution in [2.75, 3.05) is 20.8 Å². The van der Waals surface area contributed by atoms with Gasteiger partial charge >= 0.3 is 19.5 Å². The predicted molar refractivity (Wildman–Crippen MR) is 98.1 cm³/mol. The number of hydrogen-bond acceptors (Lipinski definition) is 10. The lowest BCUT2D eigenvalue weighted by Crippen LogP contribution is -2.41. The molecule has 1 aromatic heterocycles. The van der Waals surface area contributed by atoms with E-state index >= 15 is 0 Å². The highest BCUT2D eigenvalue weighted by Gasteiger charge is 2.50. The maximum absolute atomic E-state index is 12.6. The van der Waals surface area contributed by atoms with Crippen molar-refractivity contribution in [3.05, 3.63) is 34.2 Å². The standard InChI is InChI=1S/C17H24NO10P/c1-10(20)26-15-13(8-19)28-17(16(15)27-11(2)21)18-6-5-12(7-14(18)22)9-29(23,24-3)25-4/h5-7,13,15-17,19H,8-9H2,1-4H3/t13-,15-,16-,17-/m1/s1. The fraction of sp³-hybridized carbons (Fsp3) is 0.588. The SMILES string of the molecule is COP(=O)(Cc1ccn([C@@H]2O[C@H](CO)[C@@H](OC(C)=O)[C@H]2OC(C)=O)c(=O)c1)OC. The molecule has 162 valence electrons. The molecule has 0 radical (unpaired) electrons. The summed E-state index contributed by atoms with van der Waals surface area (Å²) >= 11 is 0. The van der Waals surface area contributed by atoms with Crippen molar-refractivity contribution in [3.63, 3.8) is 0 Å². The molecule has 12 heteroatoms. The van der Waals surface area contributed by atoms with Crippen LogP contribution < -0.4 is 5.56 Å². The Kier molecular flexibility index (Phi) is 7.73. The highest BCUT2D eigenvalue weighted by Crippen LogP contribution is 2.49. The van der Waals surface area contributed by atoms with E-state index < -0.39 is 56.2 Å². The van der Waals surface area contributed by atoms with Crippen molar-refractivity contribution in [2.24, 2.45) is 0 Å². The fourth-order valence-corrected chi connectivity index (χ4v) is 4.05. The van der Waals surface area contributed by atoms with E-state index in [0.717, 1.165) is 18.4 Å². The Labute approximate surface area is 167 Å². The number of aromatic nitrogens is 1. The molecular weight excluding hydrogens is 409 g/mol. The minimum Gasteiger partial charge on any atom is -0.456 e. The first-order valence-corrected chi connectivity index (χ1v) is 10.4. The van der Waals surface area contributed by atoms with Gasteiger partial charge in [-0.1, -0.05) is 0 Å². The zero-order chi connectivity index (χ0) is 21.8. The molecule has 0 aromatic carbocycles. The summed E-state index contributed by atoms with van der Waals surface area (Å²) in [6, 6.07) is 2.72. The van der Waals surface area contributed by atoms with Gasteiger partial charge in [-0.2, -0.15) is 0 Å². The summed E-state index contributed by atoms with van der Waals surface area (Å²) in [5, 5.41) is 9.56. The summed E-state index contributed by atoms with van der Waals surface area (Å²) in [7, 11) is -0.890. The number of carbonyl (C=O) groups excluding carboxylic acids is 2. The van der Waals surface area contributed by atoms with Crippen molar-refractivity contribution >= 4 is 19.5 Å². The van der Waals surface area contributed by atoms with E-state index in [0.29, 0.717) is 5.56 Å². The Hall–Kier alpha value is -2.04. The summed E-state index contributed by atoms with van der Waals surface area (Å²) in [4.78, 5) is 35.6. The molecule has 0 unspecified atom stereocenters. The fourth-order valence-electron chi connectivity index (χ4n) is 3.00. The molecule has 0 spiro atoms. The molecule has 0 bridgehead atoms. The van der Waals surface area contributed by atoms with Crippen LogP contribution in [0.1, 0.15) is 25.6 Å². The van der Waals surface area contributed by atoms with Gasteiger partial charge in [0.25, 0.3) is 5.56 Å². The van der Waals surface area contributed by atoms with Gasteiger partial charge in [0, 0.05) is 40.3 Å². The largest absolute Gasteiger partial charge is 0.456 e. The van der Waals surface area contributed by atoms with Crippen LogP contribution in [0.3, 0.4) is 0 Å². The third kappa shape index (κ3) is 5.52. The smallest absolute Gasteiger partial charge is 0.334 e. The molecule has 0 amide bonds. The average molecular weight is 433 g/mol. The molecule has 1 N–H and O–H groups in total. The number of aliphatic hydroxyl groups excluding tert-OH is 1. The monoisotopic (exact) mass is 433 g/mol. The van der Waals surface area contributed by atoms with Gasteiger partial charge in [0.1, 0.15) is 6.10 Å². The number of hydrogen-bond donors (Lipinski definition) is 1. The Morgan fingerprint density at radius 3 is 2.24 bits per heavy atom. The maximum Gasteiger partial charge on any atom is 0.334 e. The average Bonchev–Trinajstić information content (AvgIpc) is 2.98. The molecule has 11 nitrogen and oxygen atoms in total. The van der Waals surface area contributed by atoms with Gasteiger partial charge in [0.05, 0.1) is 12.8 Å². The van der Waals surface area contributed by atoms with E-state index in [-0.39, 0.29) is 6.16 Å². The van der Waals surface area contributed by atoms with Crippen molar-refractivity contribution < 1.29 is 42.5 Å². The summed E-state index contributed by atoms with van der Waals surface area (Å²) in [5.74, 6) is -1.34. The van der Waals surface area contributed by atoms with Crippen LogP contribution in [0.25, 0.3) is 0 Å².